The topological polar surface area (TPSA) is 48.0 Å². The molecule has 0 radical (unpaired) electrons. The minimum Gasteiger partial charge on any atom is -0.326 e. The van der Waals surface area contributed by atoms with Gasteiger partial charge < -0.3 is 10.3 Å². The highest BCUT2D eigenvalue weighted by Gasteiger charge is 2.07. The van der Waals surface area contributed by atoms with E-state index in [4.69, 9.17) is 5.73 Å². The number of pyridine rings is 1. The zero-order valence-electron chi connectivity index (χ0n) is 8.71. The molecule has 0 fully saturated rings. The first-order valence-corrected chi connectivity index (χ1v) is 4.62. The zero-order valence-corrected chi connectivity index (χ0v) is 8.71. The molecule has 0 atom stereocenters. The van der Waals surface area contributed by atoms with Crippen LogP contribution in [0.2, 0.25) is 0 Å². The fraction of sp³-hybridized carbons (Fsp3) is 0.364. The summed E-state index contributed by atoms with van der Waals surface area (Å²) in [5, 5.41) is 0. The van der Waals surface area contributed by atoms with Gasteiger partial charge in [0.2, 0.25) is 0 Å². The van der Waals surface area contributed by atoms with Crippen molar-refractivity contribution in [3.63, 3.8) is 0 Å². The average Bonchev–Trinajstić information content (AvgIpc) is 2.12. The van der Waals surface area contributed by atoms with Gasteiger partial charge in [0, 0.05) is 24.3 Å². The molecule has 1 heterocycles. The van der Waals surface area contributed by atoms with Crippen molar-refractivity contribution in [2.75, 3.05) is 0 Å². The third-order valence-electron chi connectivity index (χ3n) is 2.35. The Morgan fingerprint density at radius 1 is 1.57 bits per heavy atom. The summed E-state index contributed by atoms with van der Waals surface area (Å²) in [6.07, 6.45) is 1.71. The van der Waals surface area contributed by atoms with E-state index in [1.165, 1.54) is 0 Å². The first kappa shape index (κ1) is 10.7. The highest BCUT2D eigenvalue weighted by atomic mass is 16.1. The number of rotatable bonds is 3. The maximum Gasteiger partial charge on any atom is 0.255 e. The van der Waals surface area contributed by atoms with Crippen molar-refractivity contribution < 1.29 is 0 Å². The van der Waals surface area contributed by atoms with E-state index in [0.29, 0.717) is 18.7 Å². The Morgan fingerprint density at radius 2 is 2.21 bits per heavy atom. The SMILES string of the molecule is C=CCn1c(C)cc(C)c(CN)c1=O. The third-order valence-corrected chi connectivity index (χ3v) is 2.35. The fourth-order valence-electron chi connectivity index (χ4n) is 1.57. The molecule has 0 spiro atoms. The maximum absolute atomic E-state index is 11.9. The van der Waals surface area contributed by atoms with Crippen LogP contribution in [0.25, 0.3) is 0 Å². The van der Waals surface area contributed by atoms with Crippen molar-refractivity contribution in [2.45, 2.75) is 26.9 Å². The Hall–Kier alpha value is -1.35. The Labute approximate surface area is 83.9 Å². The highest BCUT2D eigenvalue weighted by Crippen LogP contribution is 2.05. The molecule has 1 rings (SSSR count). The third kappa shape index (κ3) is 1.77. The molecule has 2 N–H and O–H groups in total. The summed E-state index contributed by atoms with van der Waals surface area (Å²) in [7, 11) is 0. The fourth-order valence-corrected chi connectivity index (χ4v) is 1.57. The van der Waals surface area contributed by atoms with Gasteiger partial charge in [-0.3, -0.25) is 4.79 Å². The Morgan fingerprint density at radius 3 is 2.71 bits per heavy atom. The minimum atomic E-state index is 0.00454. The van der Waals surface area contributed by atoms with E-state index in [1.54, 1.807) is 10.6 Å². The Bertz CT molecular complexity index is 404. The summed E-state index contributed by atoms with van der Waals surface area (Å²) < 4.78 is 1.68. The molecule has 0 unspecified atom stereocenters. The lowest BCUT2D eigenvalue weighted by Crippen LogP contribution is -2.27. The number of hydrogen-bond donors (Lipinski definition) is 1. The number of nitrogens with two attached hydrogens (primary N) is 1. The van der Waals surface area contributed by atoms with Crippen LogP contribution in [0.15, 0.2) is 23.5 Å². The quantitative estimate of drug-likeness (QED) is 0.729. The zero-order chi connectivity index (χ0) is 10.7. The standard InChI is InChI=1S/C11H16N2O/c1-4-5-13-9(3)6-8(2)10(7-12)11(13)14/h4,6H,1,5,7,12H2,2-3H3. The molecular formula is C11H16N2O. The highest BCUT2D eigenvalue weighted by molar-refractivity contribution is 5.26. The van der Waals surface area contributed by atoms with Gasteiger partial charge in [0.15, 0.2) is 0 Å². The smallest absolute Gasteiger partial charge is 0.255 e. The van der Waals surface area contributed by atoms with Crippen LogP contribution in [-0.4, -0.2) is 4.57 Å². The average molecular weight is 192 g/mol. The van der Waals surface area contributed by atoms with Crippen LogP contribution in [-0.2, 0) is 13.1 Å². The summed E-state index contributed by atoms with van der Waals surface area (Å²) in [5.74, 6) is 0. The normalized spacial score (nSPS) is 10.2. The van der Waals surface area contributed by atoms with Gasteiger partial charge in [0.05, 0.1) is 0 Å². The van der Waals surface area contributed by atoms with E-state index in [9.17, 15) is 4.79 Å². The van der Waals surface area contributed by atoms with Gasteiger partial charge in [-0.25, -0.2) is 0 Å². The van der Waals surface area contributed by atoms with Crippen molar-refractivity contribution in [1.29, 1.82) is 0 Å². The number of aryl methyl sites for hydroxylation is 2. The molecule has 76 valence electrons. The monoisotopic (exact) mass is 192 g/mol. The predicted octanol–water partition coefficient (Wildman–Crippen LogP) is 1.11. The van der Waals surface area contributed by atoms with Crippen LogP contribution in [0.4, 0.5) is 0 Å². The lowest BCUT2D eigenvalue weighted by Gasteiger charge is -2.11. The summed E-state index contributed by atoms with van der Waals surface area (Å²) in [6, 6.07) is 1.98. The lowest BCUT2D eigenvalue weighted by molar-refractivity contribution is 0.728. The molecule has 1 aromatic heterocycles. The van der Waals surface area contributed by atoms with Crippen molar-refractivity contribution >= 4 is 0 Å². The van der Waals surface area contributed by atoms with Crippen LogP contribution >= 0.6 is 0 Å². The molecule has 0 aromatic carbocycles. The second-order valence-electron chi connectivity index (χ2n) is 3.36. The molecule has 3 heteroatoms. The molecule has 0 aliphatic carbocycles. The van der Waals surface area contributed by atoms with E-state index in [-0.39, 0.29) is 5.56 Å². The van der Waals surface area contributed by atoms with Crippen molar-refractivity contribution in [2.24, 2.45) is 5.73 Å². The number of hydrogen-bond acceptors (Lipinski definition) is 2. The number of nitrogens with zero attached hydrogens (tertiary/aromatic N) is 1. The molecule has 0 aliphatic rings. The van der Waals surface area contributed by atoms with E-state index in [2.05, 4.69) is 6.58 Å². The van der Waals surface area contributed by atoms with Crippen LogP contribution in [0.1, 0.15) is 16.8 Å². The summed E-state index contributed by atoms with van der Waals surface area (Å²) in [6.45, 7) is 8.28. The minimum absolute atomic E-state index is 0.00454. The molecule has 0 aliphatic heterocycles. The second kappa shape index (κ2) is 4.24. The van der Waals surface area contributed by atoms with Crippen molar-refractivity contribution in [3.05, 3.63) is 45.9 Å². The van der Waals surface area contributed by atoms with Gasteiger partial charge in [-0.15, -0.1) is 6.58 Å². The summed E-state index contributed by atoms with van der Waals surface area (Å²) in [4.78, 5) is 11.9. The van der Waals surface area contributed by atoms with Gasteiger partial charge in [-0.2, -0.15) is 0 Å². The molecule has 0 bridgehead atoms. The number of allylic oxidation sites excluding steroid dienone is 1. The molecule has 1 aromatic rings. The van der Waals surface area contributed by atoms with Crippen LogP contribution in [0.5, 0.6) is 0 Å². The van der Waals surface area contributed by atoms with Crippen LogP contribution in [0, 0.1) is 13.8 Å². The first-order valence-electron chi connectivity index (χ1n) is 4.62. The van der Waals surface area contributed by atoms with Gasteiger partial charge in [-0.05, 0) is 25.5 Å². The van der Waals surface area contributed by atoms with Gasteiger partial charge in [0.1, 0.15) is 0 Å². The van der Waals surface area contributed by atoms with Gasteiger partial charge in [-0.1, -0.05) is 6.08 Å². The largest absolute Gasteiger partial charge is 0.326 e. The second-order valence-corrected chi connectivity index (χ2v) is 3.36. The summed E-state index contributed by atoms with van der Waals surface area (Å²) >= 11 is 0. The lowest BCUT2D eigenvalue weighted by atomic mass is 10.1. The maximum atomic E-state index is 11.9. The molecule has 0 saturated heterocycles. The van der Waals surface area contributed by atoms with E-state index >= 15 is 0 Å². The molecule has 0 saturated carbocycles. The molecular weight excluding hydrogens is 176 g/mol. The van der Waals surface area contributed by atoms with E-state index < -0.39 is 0 Å². The van der Waals surface area contributed by atoms with E-state index in [1.807, 2.05) is 19.9 Å². The molecule has 3 nitrogen and oxygen atoms in total. The Kier molecular flexibility index (Phi) is 3.25. The Balaban J connectivity index is 3.43. The van der Waals surface area contributed by atoms with Crippen LogP contribution in [0.3, 0.4) is 0 Å². The van der Waals surface area contributed by atoms with Gasteiger partial charge >= 0.3 is 0 Å². The van der Waals surface area contributed by atoms with Crippen molar-refractivity contribution in [1.82, 2.24) is 4.57 Å². The number of aromatic nitrogens is 1. The van der Waals surface area contributed by atoms with E-state index in [0.717, 1.165) is 11.3 Å². The predicted molar refractivity (Wildman–Crippen MR) is 58.3 cm³/mol. The van der Waals surface area contributed by atoms with Crippen LogP contribution < -0.4 is 11.3 Å². The summed E-state index contributed by atoms with van der Waals surface area (Å²) in [5.41, 5.74) is 8.14. The van der Waals surface area contributed by atoms with Crippen molar-refractivity contribution in [3.8, 4) is 0 Å². The van der Waals surface area contributed by atoms with Gasteiger partial charge in [0.25, 0.3) is 5.56 Å². The molecule has 0 amide bonds. The molecule has 14 heavy (non-hydrogen) atoms. The first-order chi connectivity index (χ1) is 6.61.